The van der Waals surface area contributed by atoms with Crippen LogP contribution in [0.2, 0.25) is 0 Å². The SMILES string of the molecule is O=C(O)C[C@H]1CCN(c2ccc(C(F)(F)F)cc2)[C@@H](Cc2ccc(C(F)(F)F)cc2)C1. The van der Waals surface area contributed by atoms with E-state index in [9.17, 15) is 31.1 Å². The van der Waals surface area contributed by atoms with E-state index in [2.05, 4.69) is 0 Å². The molecule has 3 nitrogen and oxygen atoms in total. The van der Waals surface area contributed by atoms with Crippen molar-refractivity contribution in [1.29, 1.82) is 0 Å². The first-order valence-corrected chi connectivity index (χ1v) is 9.75. The van der Waals surface area contributed by atoms with E-state index in [1.165, 1.54) is 24.3 Å². The summed E-state index contributed by atoms with van der Waals surface area (Å²) < 4.78 is 77.0. The number of benzene rings is 2. The van der Waals surface area contributed by atoms with Gasteiger partial charge in [-0.15, -0.1) is 0 Å². The van der Waals surface area contributed by atoms with Crippen LogP contribution in [0.25, 0.3) is 0 Å². The first-order valence-electron chi connectivity index (χ1n) is 9.75. The van der Waals surface area contributed by atoms with Gasteiger partial charge in [0, 0.05) is 24.7 Å². The van der Waals surface area contributed by atoms with Crippen LogP contribution in [-0.4, -0.2) is 23.7 Å². The number of halogens is 6. The molecule has 1 N–H and O–H groups in total. The van der Waals surface area contributed by atoms with E-state index in [1.807, 2.05) is 4.90 Å². The Labute approximate surface area is 175 Å². The summed E-state index contributed by atoms with van der Waals surface area (Å²) in [5.41, 5.74) is -0.316. The summed E-state index contributed by atoms with van der Waals surface area (Å²) in [6.45, 7) is 0.453. The standard InChI is InChI=1S/C22H21F6NO2/c23-21(24,25)16-3-1-14(2-4-16)11-19-12-15(13-20(30)31)9-10-29(19)18-7-5-17(6-8-18)22(26,27)28/h1-8,15,19H,9-13H2,(H,30,31)/t15-,19-/m0/s1. The number of hydrogen-bond acceptors (Lipinski definition) is 2. The van der Waals surface area contributed by atoms with Crippen LogP contribution in [0.4, 0.5) is 32.0 Å². The molecule has 1 fully saturated rings. The van der Waals surface area contributed by atoms with E-state index >= 15 is 0 Å². The molecule has 0 bridgehead atoms. The minimum absolute atomic E-state index is 0.0234. The molecule has 2 atom stereocenters. The first kappa shape index (κ1) is 23.0. The Morgan fingerprint density at radius 1 is 0.903 bits per heavy atom. The Morgan fingerprint density at radius 2 is 1.42 bits per heavy atom. The number of hydrogen-bond donors (Lipinski definition) is 1. The minimum atomic E-state index is -4.45. The lowest BCUT2D eigenvalue weighted by Gasteiger charge is -2.41. The third-order valence-corrected chi connectivity index (χ3v) is 5.57. The number of aliphatic carboxylic acids is 1. The number of anilines is 1. The number of alkyl halides is 6. The lowest BCUT2D eigenvalue weighted by Crippen LogP contribution is -2.44. The Hall–Kier alpha value is -2.71. The summed E-state index contributed by atoms with van der Waals surface area (Å²) in [5.74, 6) is -1.04. The fourth-order valence-corrected chi connectivity index (χ4v) is 4.04. The molecule has 1 aliphatic heterocycles. The van der Waals surface area contributed by atoms with Crippen molar-refractivity contribution in [3.63, 3.8) is 0 Å². The number of carboxylic acid groups (broad SMARTS) is 1. The van der Waals surface area contributed by atoms with Crippen LogP contribution >= 0.6 is 0 Å². The third-order valence-electron chi connectivity index (χ3n) is 5.57. The molecular weight excluding hydrogens is 424 g/mol. The molecule has 0 amide bonds. The summed E-state index contributed by atoms with van der Waals surface area (Å²) in [6, 6.07) is 9.25. The van der Waals surface area contributed by atoms with Crippen molar-refractivity contribution in [2.24, 2.45) is 5.92 Å². The predicted molar refractivity (Wildman–Crippen MR) is 103 cm³/mol. The van der Waals surface area contributed by atoms with Crippen LogP contribution in [-0.2, 0) is 23.6 Å². The van der Waals surface area contributed by atoms with Gasteiger partial charge in [0.15, 0.2) is 0 Å². The zero-order chi connectivity index (χ0) is 22.8. The van der Waals surface area contributed by atoms with Gasteiger partial charge in [0.05, 0.1) is 11.1 Å². The molecule has 2 aromatic carbocycles. The maximum atomic E-state index is 12.9. The average molecular weight is 445 g/mol. The number of carboxylic acids is 1. The average Bonchev–Trinajstić information content (AvgIpc) is 2.67. The zero-order valence-electron chi connectivity index (χ0n) is 16.4. The van der Waals surface area contributed by atoms with E-state index in [-0.39, 0.29) is 18.4 Å². The first-order chi connectivity index (χ1) is 14.4. The van der Waals surface area contributed by atoms with Gasteiger partial charge < -0.3 is 10.0 Å². The number of piperidine rings is 1. The summed E-state index contributed by atoms with van der Waals surface area (Å²) in [5, 5.41) is 9.11. The monoisotopic (exact) mass is 445 g/mol. The summed E-state index contributed by atoms with van der Waals surface area (Å²) in [4.78, 5) is 13.0. The zero-order valence-corrected chi connectivity index (χ0v) is 16.4. The van der Waals surface area contributed by atoms with Gasteiger partial charge in [-0.2, -0.15) is 26.3 Å². The molecule has 2 aromatic rings. The van der Waals surface area contributed by atoms with Gasteiger partial charge in [-0.3, -0.25) is 4.79 Å². The van der Waals surface area contributed by atoms with Gasteiger partial charge >= 0.3 is 18.3 Å². The third kappa shape index (κ3) is 5.92. The molecule has 31 heavy (non-hydrogen) atoms. The lowest BCUT2D eigenvalue weighted by atomic mass is 9.85. The molecular formula is C22H21F6NO2. The molecule has 1 aliphatic rings. The van der Waals surface area contributed by atoms with E-state index in [1.54, 1.807) is 0 Å². The van der Waals surface area contributed by atoms with Gasteiger partial charge in [-0.1, -0.05) is 12.1 Å². The summed E-state index contributed by atoms with van der Waals surface area (Å²) in [6.07, 6.45) is -7.51. The second-order valence-corrected chi connectivity index (χ2v) is 7.78. The van der Waals surface area contributed by atoms with E-state index in [0.29, 0.717) is 37.1 Å². The molecule has 0 aliphatic carbocycles. The Morgan fingerprint density at radius 3 is 1.90 bits per heavy atom. The van der Waals surface area contributed by atoms with Gasteiger partial charge in [0.2, 0.25) is 0 Å². The molecule has 0 aromatic heterocycles. The van der Waals surface area contributed by atoms with Crippen molar-refractivity contribution in [2.45, 2.75) is 44.1 Å². The smallest absolute Gasteiger partial charge is 0.416 e. The van der Waals surface area contributed by atoms with Crippen molar-refractivity contribution >= 4 is 11.7 Å². The Bertz CT molecular complexity index is 890. The van der Waals surface area contributed by atoms with Gasteiger partial charge in [-0.05, 0) is 67.1 Å². The number of carbonyl (C=O) groups is 1. The van der Waals surface area contributed by atoms with Crippen molar-refractivity contribution in [2.75, 3.05) is 11.4 Å². The largest absolute Gasteiger partial charge is 0.481 e. The van der Waals surface area contributed by atoms with Gasteiger partial charge in [0.1, 0.15) is 0 Å². The molecule has 168 valence electrons. The van der Waals surface area contributed by atoms with E-state index in [4.69, 9.17) is 5.11 Å². The van der Waals surface area contributed by atoms with Crippen molar-refractivity contribution in [3.8, 4) is 0 Å². The highest BCUT2D eigenvalue weighted by atomic mass is 19.4. The maximum absolute atomic E-state index is 12.9. The molecule has 1 saturated heterocycles. The van der Waals surface area contributed by atoms with Crippen LogP contribution in [0.5, 0.6) is 0 Å². The summed E-state index contributed by atoms with van der Waals surface area (Å²) >= 11 is 0. The lowest BCUT2D eigenvalue weighted by molar-refractivity contribution is -0.139. The van der Waals surface area contributed by atoms with Crippen molar-refractivity contribution in [3.05, 3.63) is 65.2 Å². The maximum Gasteiger partial charge on any atom is 0.416 e. The predicted octanol–water partition coefficient (Wildman–Crippen LogP) is 6.03. The number of nitrogens with zero attached hydrogens (tertiary/aromatic N) is 1. The van der Waals surface area contributed by atoms with Gasteiger partial charge in [-0.25, -0.2) is 0 Å². The second-order valence-electron chi connectivity index (χ2n) is 7.78. The van der Waals surface area contributed by atoms with Gasteiger partial charge in [0.25, 0.3) is 0 Å². The van der Waals surface area contributed by atoms with Crippen molar-refractivity contribution < 1.29 is 36.2 Å². The highest BCUT2D eigenvalue weighted by molar-refractivity contribution is 5.67. The van der Waals surface area contributed by atoms with Crippen LogP contribution in [0.15, 0.2) is 48.5 Å². The molecule has 0 unspecified atom stereocenters. The van der Waals surface area contributed by atoms with E-state index < -0.39 is 29.4 Å². The van der Waals surface area contributed by atoms with Crippen LogP contribution in [0.3, 0.4) is 0 Å². The second kappa shape index (κ2) is 8.80. The Kier molecular flexibility index (Phi) is 6.52. The normalized spacial score (nSPS) is 20.0. The minimum Gasteiger partial charge on any atom is -0.481 e. The molecule has 0 spiro atoms. The molecule has 1 heterocycles. The highest BCUT2D eigenvalue weighted by Crippen LogP contribution is 2.35. The molecule has 0 saturated carbocycles. The highest BCUT2D eigenvalue weighted by Gasteiger charge is 2.33. The molecule has 3 rings (SSSR count). The van der Waals surface area contributed by atoms with E-state index in [0.717, 1.165) is 24.3 Å². The van der Waals surface area contributed by atoms with Crippen molar-refractivity contribution in [1.82, 2.24) is 0 Å². The fraction of sp³-hybridized carbons (Fsp3) is 0.409. The van der Waals surface area contributed by atoms with Crippen LogP contribution in [0, 0.1) is 5.92 Å². The quantitative estimate of drug-likeness (QED) is 0.572. The van der Waals surface area contributed by atoms with Crippen LogP contribution in [0.1, 0.15) is 36.0 Å². The molecule has 9 heteroatoms. The summed E-state index contributed by atoms with van der Waals surface area (Å²) in [7, 11) is 0. The topological polar surface area (TPSA) is 40.5 Å². The Balaban J connectivity index is 1.82. The molecule has 0 radical (unpaired) electrons. The van der Waals surface area contributed by atoms with Crippen LogP contribution < -0.4 is 4.90 Å². The fourth-order valence-electron chi connectivity index (χ4n) is 4.04. The number of rotatable bonds is 5.